The highest BCUT2D eigenvalue weighted by molar-refractivity contribution is 9.10. The van der Waals surface area contributed by atoms with Crippen LogP contribution in [0, 0.1) is 0 Å². The van der Waals surface area contributed by atoms with E-state index in [-0.39, 0.29) is 5.54 Å². The van der Waals surface area contributed by atoms with Crippen molar-refractivity contribution in [2.45, 2.75) is 39.3 Å². The smallest absolute Gasteiger partial charge is 0.0410 e. The normalized spacial score (nSPS) is 11.8. The first-order valence-electron chi connectivity index (χ1n) is 6.02. The molecule has 1 rings (SSSR count). The van der Waals surface area contributed by atoms with Gasteiger partial charge in [-0.3, -0.25) is 4.98 Å². The molecule has 0 aliphatic heterocycles. The fourth-order valence-electron chi connectivity index (χ4n) is 1.46. The molecule has 0 fully saturated rings. The van der Waals surface area contributed by atoms with Crippen molar-refractivity contribution in [1.29, 1.82) is 0 Å². The van der Waals surface area contributed by atoms with Crippen LogP contribution in [-0.2, 0) is 6.54 Å². The maximum Gasteiger partial charge on any atom is 0.0410 e. The average molecular weight is 300 g/mol. The lowest BCUT2D eigenvalue weighted by atomic mass is 10.1. The van der Waals surface area contributed by atoms with E-state index in [4.69, 9.17) is 0 Å². The molecule has 0 radical (unpaired) electrons. The van der Waals surface area contributed by atoms with Crippen LogP contribution in [0.4, 0.5) is 0 Å². The van der Waals surface area contributed by atoms with E-state index < -0.39 is 0 Å². The van der Waals surface area contributed by atoms with Gasteiger partial charge in [-0.15, -0.1) is 0 Å². The number of nitrogens with zero attached hydrogens (tertiary/aromatic N) is 1. The van der Waals surface area contributed by atoms with Crippen LogP contribution in [0.5, 0.6) is 0 Å². The van der Waals surface area contributed by atoms with Crippen LogP contribution in [0.2, 0.25) is 0 Å². The molecule has 0 saturated carbocycles. The molecule has 0 atom stereocenters. The summed E-state index contributed by atoms with van der Waals surface area (Å²) in [7, 11) is 0. The van der Waals surface area contributed by atoms with Gasteiger partial charge in [0.15, 0.2) is 0 Å². The van der Waals surface area contributed by atoms with Gasteiger partial charge in [0.05, 0.1) is 0 Å². The van der Waals surface area contributed by atoms with Gasteiger partial charge in [-0.25, -0.2) is 0 Å². The minimum Gasteiger partial charge on any atom is -0.313 e. The Labute approximate surface area is 113 Å². The van der Waals surface area contributed by atoms with Crippen molar-refractivity contribution in [2.75, 3.05) is 13.1 Å². The molecule has 0 bridgehead atoms. The Hall–Kier alpha value is -0.450. The van der Waals surface area contributed by atoms with E-state index in [0.29, 0.717) is 0 Å². The van der Waals surface area contributed by atoms with Crippen LogP contribution in [0.25, 0.3) is 0 Å². The van der Waals surface area contributed by atoms with Crippen molar-refractivity contribution in [3.63, 3.8) is 0 Å². The number of nitrogens with one attached hydrogen (secondary N) is 2. The van der Waals surface area contributed by atoms with Crippen LogP contribution in [-0.4, -0.2) is 23.6 Å². The van der Waals surface area contributed by atoms with E-state index in [2.05, 4.69) is 58.4 Å². The summed E-state index contributed by atoms with van der Waals surface area (Å²) < 4.78 is 1.03. The van der Waals surface area contributed by atoms with Gasteiger partial charge in [-0.05, 0) is 67.8 Å². The summed E-state index contributed by atoms with van der Waals surface area (Å²) >= 11 is 3.42. The molecule has 1 aromatic heterocycles. The lowest BCUT2D eigenvalue weighted by molar-refractivity contribution is 0.418. The van der Waals surface area contributed by atoms with Crippen molar-refractivity contribution >= 4 is 15.9 Å². The Bertz CT molecular complexity index is 334. The van der Waals surface area contributed by atoms with E-state index in [1.807, 2.05) is 6.20 Å². The number of hydrogen-bond donors (Lipinski definition) is 2. The zero-order valence-electron chi connectivity index (χ0n) is 10.9. The first kappa shape index (κ1) is 14.6. The lowest BCUT2D eigenvalue weighted by Gasteiger charge is -2.20. The molecule has 4 heteroatoms. The van der Waals surface area contributed by atoms with Gasteiger partial charge in [0.25, 0.3) is 0 Å². The Morgan fingerprint density at radius 2 is 2.00 bits per heavy atom. The third kappa shape index (κ3) is 7.47. The van der Waals surface area contributed by atoms with E-state index >= 15 is 0 Å². The molecule has 0 saturated heterocycles. The summed E-state index contributed by atoms with van der Waals surface area (Å²) in [5, 5.41) is 6.88. The highest BCUT2D eigenvalue weighted by atomic mass is 79.9. The fraction of sp³-hybridized carbons (Fsp3) is 0.615. The van der Waals surface area contributed by atoms with E-state index in [1.165, 1.54) is 5.56 Å². The zero-order chi connectivity index (χ0) is 12.7. The quantitative estimate of drug-likeness (QED) is 0.793. The minimum atomic E-state index is 0.216. The first-order valence-corrected chi connectivity index (χ1v) is 6.82. The van der Waals surface area contributed by atoms with E-state index in [1.54, 1.807) is 6.20 Å². The summed E-state index contributed by atoms with van der Waals surface area (Å²) in [4.78, 5) is 4.13. The SMILES string of the molecule is CC(C)(C)NCCCNCc1cncc(Br)c1. The van der Waals surface area contributed by atoms with Crippen LogP contribution < -0.4 is 10.6 Å². The molecule has 0 unspecified atom stereocenters. The number of hydrogen-bond acceptors (Lipinski definition) is 3. The summed E-state index contributed by atoms with van der Waals surface area (Å²) in [6, 6.07) is 2.09. The zero-order valence-corrected chi connectivity index (χ0v) is 12.5. The maximum atomic E-state index is 4.13. The van der Waals surface area contributed by atoms with Crippen molar-refractivity contribution in [3.05, 3.63) is 28.5 Å². The largest absolute Gasteiger partial charge is 0.313 e. The number of halogens is 1. The standard InChI is InChI=1S/C13H22BrN3/c1-13(2,3)17-6-4-5-15-8-11-7-12(14)10-16-9-11/h7,9-10,15,17H,4-6,8H2,1-3H3. The Kier molecular flexibility index (Phi) is 6.09. The lowest BCUT2D eigenvalue weighted by Crippen LogP contribution is -2.37. The first-order chi connectivity index (χ1) is 7.97. The van der Waals surface area contributed by atoms with Crippen LogP contribution in [0.3, 0.4) is 0 Å². The summed E-state index contributed by atoms with van der Waals surface area (Å²) in [5.41, 5.74) is 1.43. The minimum absolute atomic E-state index is 0.216. The second-order valence-corrected chi connectivity index (χ2v) is 6.13. The molecule has 0 aliphatic carbocycles. The number of aromatic nitrogens is 1. The third-order valence-corrected chi connectivity index (χ3v) is 2.71. The van der Waals surface area contributed by atoms with Gasteiger partial charge in [0, 0.05) is 29.0 Å². The fourth-order valence-corrected chi connectivity index (χ4v) is 1.87. The second kappa shape index (κ2) is 7.09. The van der Waals surface area contributed by atoms with Gasteiger partial charge in [0.1, 0.15) is 0 Å². The van der Waals surface area contributed by atoms with Gasteiger partial charge < -0.3 is 10.6 Å². The molecule has 96 valence electrons. The average Bonchev–Trinajstić information content (AvgIpc) is 2.22. The molecule has 0 aliphatic rings. The number of pyridine rings is 1. The molecule has 2 N–H and O–H groups in total. The van der Waals surface area contributed by atoms with Crippen LogP contribution in [0.1, 0.15) is 32.8 Å². The van der Waals surface area contributed by atoms with Crippen LogP contribution >= 0.6 is 15.9 Å². The molecule has 1 heterocycles. The Balaban J connectivity index is 2.09. The second-order valence-electron chi connectivity index (χ2n) is 5.22. The molecule has 1 aromatic rings. The summed E-state index contributed by atoms with van der Waals surface area (Å²) in [5.74, 6) is 0. The Morgan fingerprint density at radius 1 is 1.24 bits per heavy atom. The van der Waals surface area contributed by atoms with Gasteiger partial charge in [-0.1, -0.05) is 0 Å². The van der Waals surface area contributed by atoms with Gasteiger partial charge in [-0.2, -0.15) is 0 Å². The van der Waals surface area contributed by atoms with Gasteiger partial charge in [0.2, 0.25) is 0 Å². The molecular weight excluding hydrogens is 278 g/mol. The number of rotatable bonds is 6. The van der Waals surface area contributed by atoms with Crippen molar-refractivity contribution in [2.24, 2.45) is 0 Å². The molecule has 17 heavy (non-hydrogen) atoms. The molecule has 0 aromatic carbocycles. The van der Waals surface area contributed by atoms with Crippen molar-refractivity contribution in [1.82, 2.24) is 15.6 Å². The van der Waals surface area contributed by atoms with E-state index in [9.17, 15) is 0 Å². The van der Waals surface area contributed by atoms with Crippen molar-refractivity contribution < 1.29 is 0 Å². The predicted octanol–water partition coefficient (Wildman–Crippen LogP) is 2.71. The van der Waals surface area contributed by atoms with Gasteiger partial charge >= 0.3 is 0 Å². The summed E-state index contributed by atoms with van der Waals surface area (Å²) in [6.45, 7) is 9.51. The van der Waals surface area contributed by atoms with Crippen molar-refractivity contribution in [3.8, 4) is 0 Å². The van der Waals surface area contributed by atoms with Crippen LogP contribution in [0.15, 0.2) is 22.9 Å². The summed E-state index contributed by atoms with van der Waals surface area (Å²) in [6.07, 6.45) is 4.83. The predicted molar refractivity (Wildman–Crippen MR) is 76.0 cm³/mol. The third-order valence-electron chi connectivity index (χ3n) is 2.28. The molecule has 3 nitrogen and oxygen atoms in total. The highest BCUT2D eigenvalue weighted by Gasteiger charge is 2.06. The molecular formula is C13H22BrN3. The molecule has 0 amide bonds. The van der Waals surface area contributed by atoms with E-state index in [0.717, 1.165) is 30.5 Å². The maximum absolute atomic E-state index is 4.13. The Morgan fingerprint density at radius 3 is 2.65 bits per heavy atom. The monoisotopic (exact) mass is 299 g/mol. The topological polar surface area (TPSA) is 37.0 Å². The molecule has 0 spiro atoms. The highest BCUT2D eigenvalue weighted by Crippen LogP contribution is 2.08.